The number of aromatic nitrogens is 3. The van der Waals surface area contributed by atoms with Gasteiger partial charge in [-0.1, -0.05) is 18.9 Å². The highest BCUT2D eigenvalue weighted by Crippen LogP contribution is 2.27. The number of carbonyl (C=O) groups is 3. The molecule has 1 aliphatic carbocycles. The Bertz CT molecular complexity index is 2150. The molecule has 49 heavy (non-hydrogen) atoms. The standard InChI is InChI=1S/C32H30F2N6O8S/c1-39-13-12-28(41)40(32(39)46)27-11-6-18(17-35-27)14-26(31(44)45)37-30(43)22-15-24(34)25(16-23(22)33)38-49(47,48)21-9-7-20(8-10-21)36-29(42)19-4-2-3-5-19/h6-13,15-17,19,26,38H,2-5,14H2,1H3,(H,36,42)(H,37,43)(H,44,45)/t26-/m0/s1. The second kappa shape index (κ2) is 14.2. The molecule has 1 aliphatic rings. The molecular formula is C32H30F2N6O8S. The van der Waals surface area contributed by atoms with Crippen LogP contribution in [-0.2, 0) is 33.1 Å². The number of anilines is 2. The number of carboxylic acids is 1. The molecule has 1 saturated carbocycles. The Balaban J connectivity index is 1.25. The highest BCUT2D eigenvalue weighted by molar-refractivity contribution is 7.92. The smallest absolute Gasteiger partial charge is 0.336 e. The second-order valence-electron chi connectivity index (χ2n) is 11.4. The van der Waals surface area contributed by atoms with Crippen molar-refractivity contribution in [3.63, 3.8) is 0 Å². The number of amides is 2. The van der Waals surface area contributed by atoms with Gasteiger partial charge < -0.3 is 20.3 Å². The van der Waals surface area contributed by atoms with Crippen LogP contribution in [0.1, 0.15) is 41.6 Å². The fourth-order valence-electron chi connectivity index (χ4n) is 5.27. The number of hydrogen-bond donors (Lipinski definition) is 4. The van der Waals surface area contributed by atoms with E-state index in [9.17, 15) is 37.5 Å². The van der Waals surface area contributed by atoms with Crippen LogP contribution in [0.5, 0.6) is 0 Å². The van der Waals surface area contributed by atoms with Gasteiger partial charge in [-0.2, -0.15) is 0 Å². The molecule has 0 saturated heterocycles. The number of aliphatic carboxylic acids is 1. The van der Waals surface area contributed by atoms with Gasteiger partial charge in [-0.05, 0) is 54.8 Å². The molecule has 0 radical (unpaired) electrons. The average Bonchev–Trinajstić information content (AvgIpc) is 3.61. The molecule has 17 heteroatoms. The van der Waals surface area contributed by atoms with Gasteiger partial charge in [0.05, 0.1) is 16.1 Å². The van der Waals surface area contributed by atoms with Crippen molar-refractivity contribution in [2.24, 2.45) is 13.0 Å². The summed E-state index contributed by atoms with van der Waals surface area (Å²) in [7, 11) is -2.99. The van der Waals surface area contributed by atoms with Gasteiger partial charge in [0.25, 0.3) is 21.5 Å². The van der Waals surface area contributed by atoms with E-state index in [2.05, 4.69) is 15.6 Å². The van der Waals surface area contributed by atoms with Crippen LogP contribution in [0.25, 0.3) is 5.82 Å². The van der Waals surface area contributed by atoms with E-state index in [1.54, 1.807) is 0 Å². The summed E-state index contributed by atoms with van der Waals surface area (Å²) in [6.07, 6.45) is 5.61. The molecule has 4 N–H and O–H groups in total. The van der Waals surface area contributed by atoms with Gasteiger partial charge in [0, 0.05) is 49.6 Å². The number of pyridine rings is 1. The molecule has 2 aromatic carbocycles. The molecule has 2 aromatic heterocycles. The minimum Gasteiger partial charge on any atom is -0.480 e. The van der Waals surface area contributed by atoms with Crippen molar-refractivity contribution in [3.05, 3.63) is 111 Å². The fourth-order valence-corrected chi connectivity index (χ4v) is 6.33. The lowest BCUT2D eigenvalue weighted by atomic mass is 10.1. The zero-order chi connectivity index (χ0) is 35.5. The molecule has 14 nitrogen and oxygen atoms in total. The average molecular weight is 697 g/mol. The quantitative estimate of drug-likeness (QED) is 0.182. The SMILES string of the molecule is Cn1ccc(=O)n(-c2ccc(C[C@H](NC(=O)c3cc(F)c(NS(=O)(=O)c4ccc(NC(=O)C5CCCC5)cc4)cc3F)C(=O)O)cn2)c1=O. The monoisotopic (exact) mass is 696 g/mol. The number of halogens is 2. The first-order chi connectivity index (χ1) is 23.2. The number of nitrogens with zero attached hydrogens (tertiary/aromatic N) is 3. The van der Waals surface area contributed by atoms with Gasteiger partial charge in [-0.25, -0.2) is 36.3 Å². The Kier molecular flexibility index (Phi) is 10.0. The van der Waals surface area contributed by atoms with E-state index in [-0.39, 0.29) is 34.5 Å². The van der Waals surface area contributed by atoms with E-state index >= 15 is 8.78 Å². The van der Waals surface area contributed by atoms with Crippen LogP contribution in [0.15, 0.2) is 81.5 Å². The normalized spacial score (nSPS) is 13.9. The molecule has 2 heterocycles. The highest BCUT2D eigenvalue weighted by Gasteiger charge is 2.26. The summed E-state index contributed by atoms with van der Waals surface area (Å²) in [5.74, 6) is -5.76. The Hall–Kier alpha value is -5.71. The number of carboxylic acid groups (broad SMARTS) is 1. The van der Waals surface area contributed by atoms with Gasteiger partial charge in [-0.15, -0.1) is 0 Å². The van der Waals surface area contributed by atoms with Crippen LogP contribution in [0.4, 0.5) is 20.2 Å². The summed E-state index contributed by atoms with van der Waals surface area (Å²) in [4.78, 5) is 65.3. The van der Waals surface area contributed by atoms with Crippen LogP contribution >= 0.6 is 0 Å². The molecule has 4 aromatic rings. The van der Waals surface area contributed by atoms with E-state index in [0.29, 0.717) is 17.8 Å². The number of aryl methyl sites for hydroxylation is 1. The third-order valence-corrected chi connectivity index (χ3v) is 9.32. The molecule has 256 valence electrons. The first-order valence-electron chi connectivity index (χ1n) is 14.9. The number of sulfonamides is 1. The maximum absolute atomic E-state index is 15.0. The molecule has 1 atom stereocenters. The predicted molar refractivity (Wildman–Crippen MR) is 172 cm³/mol. The maximum atomic E-state index is 15.0. The van der Waals surface area contributed by atoms with Crippen molar-refractivity contribution in [3.8, 4) is 5.82 Å². The fraction of sp³-hybridized carbons (Fsp3) is 0.250. The Morgan fingerprint density at radius 3 is 2.33 bits per heavy atom. The molecule has 0 bridgehead atoms. The minimum atomic E-state index is -4.43. The first kappa shape index (κ1) is 34.6. The first-order valence-corrected chi connectivity index (χ1v) is 16.4. The van der Waals surface area contributed by atoms with Crippen molar-refractivity contribution < 1.29 is 36.7 Å². The summed E-state index contributed by atoms with van der Waals surface area (Å²) >= 11 is 0. The summed E-state index contributed by atoms with van der Waals surface area (Å²) in [5, 5.41) is 14.5. The highest BCUT2D eigenvalue weighted by atomic mass is 32.2. The number of rotatable bonds is 11. The Morgan fingerprint density at radius 2 is 1.69 bits per heavy atom. The molecule has 0 aliphatic heterocycles. The van der Waals surface area contributed by atoms with Crippen LogP contribution in [0.2, 0.25) is 0 Å². The maximum Gasteiger partial charge on any atom is 0.336 e. The Morgan fingerprint density at radius 1 is 1.00 bits per heavy atom. The zero-order valence-corrected chi connectivity index (χ0v) is 26.7. The number of hydrogen-bond acceptors (Lipinski definition) is 8. The van der Waals surface area contributed by atoms with Crippen LogP contribution in [0, 0.1) is 17.6 Å². The topological polar surface area (TPSA) is 199 Å². The van der Waals surface area contributed by atoms with Crippen molar-refractivity contribution in [2.45, 2.75) is 43.0 Å². The van der Waals surface area contributed by atoms with Crippen LogP contribution < -0.4 is 26.6 Å². The number of benzene rings is 2. The number of carbonyl (C=O) groups excluding carboxylic acids is 2. The summed E-state index contributed by atoms with van der Waals surface area (Å²) < 4.78 is 59.7. The molecule has 1 fully saturated rings. The predicted octanol–water partition coefficient (Wildman–Crippen LogP) is 2.56. The van der Waals surface area contributed by atoms with Gasteiger partial charge in [0.15, 0.2) is 0 Å². The van der Waals surface area contributed by atoms with E-state index in [1.165, 1.54) is 55.8 Å². The van der Waals surface area contributed by atoms with Crippen molar-refractivity contribution in [1.82, 2.24) is 19.4 Å². The van der Waals surface area contributed by atoms with Crippen molar-refractivity contribution in [1.29, 1.82) is 0 Å². The summed E-state index contributed by atoms with van der Waals surface area (Å²) in [6.45, 7) is 0. The molecule has 2 amide bonds. The summed E-state index contributed by atoms with van der Waals surface area (Å²) in [6, 6.07) is 8.17. The van der Waals surface area contributed by atoms with Crippen molar-refractivity contribution in [2.75, 3.05) is 10.0 Å². The van der Waals surface area contributed by atoms with E-state index in [4.69, 9.17) is 0 Å². The lowest BCUT2D eigenvalue weighted by Crippen LogP contribution is -2.42. The van der Waals surface area contributed by atoms with Gasteiger partial charge in [0.2, 0.25) is 5.91 Å². The molecule has 0 unspecified atom stereocenters. The molecular weight excluding hydrogens is 666 g/mol. The van der Waals surface area contributed by atoms with E-state index < -0.39 is 62.1 Å². The van der Waals surface area contributed by atoms with E-state index in [1.807, 2.05) is 4.72 Å². The van der Waals surface area contributed by atoms with E-state index in [0.717, 1.165) is 40.9 Å². The zero-order valence-electron chi connectivity index (χ0n) is 25.9. The minimum absolute atomic E-state index is 0.0285. The summed E-state index contributed by atoms with van der Waals surface area (Å²) in [5.41, 5.74) is -2.36. The lowest BCUT2D eigenvalue weighted by molar-refractivity contribution is -0.139. The largest absolute Gasteiger partial charge is 0.480 e. The molecule has 0 spiro atoms. The van der Waals surface area contributed by atoms with Gasteiger partial charge >= 0.3 is 11.7 Å². The molecule has 5 rings (SSSR count). The van der Waals surface area contributed by atoms with Crippen LogP contribution in [0.3, 0.4) is 0 Å². The van der Waals surface area contributed by atoms with Crippen molar-refractivity contribution >= 4 is 39.2 Å². The van der Waals surface area contributed by atoms with Crippen LogP contribution in [-0.4, -0.2) is 51.5 Å². The third-order valence-electron chi connectivity index (χ3n) is 7.94. The number of nitrogens with one attached hydrogen (secondary N) is 3. The Labute approximate surface area is 277 Å². The van der Waals surface area contributed by atoms with Gasteiger partial charge in [-0.3, -0.25) is 19.1 Å². The third kappa shape index (κ3) is 7.89. The lowest BCUT2D eigenvalue weighted by Gasteiger charge is -2.16. The second-order valence-corrected chi connectivity index (χ2v) is 13.1. The van der Waals surface area contributed by atoms with Gasteiger partial charge in [0.1, 0.15) is 23.5 Å².